The maximum atomic E-state index is 3.38. The van der Waals surface area contributed by atoms with Crippen LogP contribution in [0.1, 0.15) is 19.8 Å². The first-order valence-corrected chi connectivity index (χ1v) is 4.81. The van der Waals surface area contributed by atoms with Gasteiger partial charge in [0.2, 0.25) is 0 Å². The standard InChI is InChI=1S/C7H15NS/c1-3-8-6-7(9-2)4-5-7/h8H,3-6H2,1-2H3. The minimum absolute atomic E-state index is 0.649. The molecule has 0 unspecified atom stereocenters. The Bertz CT molecular complexity index is 88.9. The Labute approximate surface area is 61.6 Å². The fourth-order valence-electron chi connectivity index (χ4n) is 0.945. The second kappa shape index (κ2) is 2.93. The maximum Gasteiger partial charge on any atom is 0.0282 e. The van der Waals surface area contributed by atoms with E-state index in [0.717, 1.165) is 6.54 Å². The average Bonchev–Trinajstić information content (AvgIpc) is 2.65. The van der Waals surface area contributed by atoms with E-state index in [1.165, 1.54) is 19.4 Å². The highest BCUT2D eigenvalue weighted by molar-refractivity contribution is 8.00. The molecule has 1 aliphatic carbocycles. The molecule has 1 fully saturated rings. The lowest BCUT2D eigenvalue weighted by atomic mass is 10.4. The first kappa shape index (κ1) is 7.42. The third-order valence-corrected chi connectivity index (χ3v) is 3.36. The van der Waals surface area contributed by atoms with Gasteiger partial charge in [-0.15, -0.1) is 0 Å². The van der Waals surface area contributed by atoms with E-state index in [1.54, 1.807) is 0 Å². The van der Waals surface area contributed by atoms with Crippen LogP contribution in [0.2, 0.25) is 0 Å². The molecule has 0 atom stereocenters. The van der Waals surface area contributed by atoms with E-state index in [1.807, 2.05) is 11.8 Å². The average molecular weight is 145 g/mol. The highest BCUT2D eigenvalue weighted by atomic mass is 32.2. The molecule has 0 saturated heterocycles. The van der Waals surface area contributed by atoms with Crippen molar-refractivity contribution >= 4 is 11.8 Å². The molecule has 0 aliphatic heterocycles. The van der Waals surface area contributed by atoms with Crippen molar-refractivity contribution < 1.29 is 0 Å². The third kappa shape index (κ3) is 1.87. The number of rotatable bonds is 4. The van der Waals surface area contributed by atoms with Gasteiger partial charge in [0.25, 0.3) is 0 Å². The Balaban J connectivity index is 2.10. The zero-order valence-electron chi connectivity index (χ0n) is 6.24. The molecule has 0 amide bonds. The number of thioether (sulfide) groups is 1. The molecule has 1 saturated carbocycles. The number of hydrogen-bond donors (Lipinski definition) is 1. The van der Waals surface area contributed by atoms with Gasteiger partial charge in [-0.1, -0.05) is 6.92 Å². The molecule has 0 heterocycles. The van der Waals surface area contributed by atoms with Crippen molar-refractivity contribution in [3.05, 3.63) is 0 Å². The summed E-state index contributed by atoms with van der Waals surface area (Å²) in [5, 5.41) is 3.38. The highest BCUT2D eigenvalue weighted by Crippen LogP contribution is 2.46. The summed E-state index contributed by atoms with van der Waals surface area (Å²) in [5.41, 5.74) is 0. The Hall–Kier alpha value is 0.310. The summed E-state index contributed by atoms with van der Waals surface area (Å²) in [6.07, 6.45) is 5.05. The van der Waals surface area contributed by atoms with Crippen molar-refractivity contribution in [3.8, 4) is 0 Å². The largest absolute Gasteiger partial charge is 0.316 e. The Morgan fingerprint density at radius 1 is 1.56 bits per heavy atom. The van der Waals surface area contributed by atoms with E-state index in [9.17, 15) is 0 Å². The fraction of sp³-hybridized carbons (Fsp3) is 1.00. The predicted octanol–water partition coefficient (Wildman–Crippen LogP) is 1.49. The van der Waals surface area contributed by atoms with Gasteiger partial charge in [0.1, 0.15) is 0 Å². The van der Waals surface area contributed by atoms with Crippen LogP contribution in [-0.2, 0) is 0 Å². The molecule has 1 nitrogen and oxygen atoms in total. The van der Waals surface area contributed by atoms with Crippen LogP contribution in [0.25, 0.3) is 0 Å². The molecular formula is C7H15NS. The lowest BCUT2D eigenvalue weighted by molar-refractivity contribution is 0.689. The van der Waals surface area contributed by atoms with Gasteiger partial charge < -0.3 is 5.32 Å². The van der Waals surface area contributed by atoms with Crippen LogP contribution in [-0.4, -0.2) is 24.1 Å². The summed E-state index contributed by atoms with van der Waals surface area (Å²) in [6.45, 7) is 4.49. The zero-order valence-corrected chi connectivity index (χ0v) is 7.05. The Morgan fingerprint density at radius 2 is 2.22 bits per heavy atom. The van der Waals surface area contributed by atoms with Crippen molar-refractivity contribution in [2.75, 3.05) is 19.3 Å². The van der Waals surface area contributed by atoms with Crippen LogP contribution in [0.4, 0.5) is 0 Å². The van der Waals surface area contributed by atoms with Crippen molar-refractivity contribution in [2.24, 2.45) is 0 Å². The molecule has 0 aromatic rings. The molecule has 2 heteroatoms. The second-order valence-corrected chi connectivity index (χ2v) is 3.94. The highest BCUT2D eigenvalue weighted by Gasteiger charge is 2.40. The smallest absolute Gasteiger partial charge is 0.0282 e. The summed E-state index contributed by atoms with van der Waals surface area (Å²) < 4.78 is 0.649. The van der Waals surface area contributed by atoms with Gasteiger partial charge >= 0.3 is 0 Å². The summed E-state index contributed by atoms with van der Waals surface area (Å²) >= 11 is 2.02. The van der Waals surface area contributed by atoms with Crippen LogP contribution in [0.15, 0.2) is 0 Å². The molecule has 9 heavy (non-hydrogen) atoms. The molecule has 0 bridgehead atoms. The molecule has 1 N–H and O–H groups in total. The maximum absolute atomic E-state index is 3.38. The molecule has 1 rings (SSSR count). The second-order valence-electron chi connectivity index (χ2n) is 2.67. The summed E-state index contributed by atoms with van der Waals surface area (Å²) in [6, 6.07) is 0. The summed E-state index contributed by atoms with van der Waals surface area (Å²) in [7, 11) is 0. The first-order valence-electron chi connectivity index (χ1n) is 3.59. The van der Waals surface area contributed by atoms with Crippen molar-refractivity contribution in [1.82, 2.24) is 5.32 Å². The Kier molecular flexibility index (Phi) is 2.42. The lowest BCUT2D eigenvalue weighted by Gasteiger charge is -2.10. The van der Waals surface area contributed by atoms with Crippen molar-refractivity contribution in [2.45, 2.75) is 24.5 Å². The third-order valence-electron chi connectivity index (χ3n) is 1.94. The van der Waals surface area contributed by atoms with Crippen LogP contribution < -0.4 is 5.32 Å². The molecule has 0 aromatic carbocycles. The van der Waals surface area contributed by atoms with E-state index in [4.69, 9.17) is 0 Å². The van der Waals surface area contributed by atoms with Crippen LogP contribution in [0.5, 0.6) is 0 Å². The van der Waals surface area contributed by atoms with Gasteiger partial charge in [0.05, 0.1) is 0 Å². The van der Waals surface area contributed by atoms with Gasteiger partial charge in [-0.05, 0) is 25.6 Å². The van der Waals surface area contributed by atoms with Gasteiger partial charge in [-0.3, -0.25) is 0 Å². The first-order chi connectivity index (χ1) is 4.33. The molecule has 0 spiro atoms. The zero-order chi connectivity index (χ0) is 6.74. The monoisotopic (exact) mass is 145 g/mol. The van der Waals surface area contributed by atoms with Crippen LogP contribution >= 0.6 is 11.8 Å². The SMILES string of the molecule is CCNCC1(SC)CC1. The van der Waals surface area contributed by atoms with E-state index in [0.29, 0.717) is 4.75 Å². The van der Waals surface area contributed by atoms with Gasteiger partial charge in [-0.2, -0.15) is 11.8 Å². The molecule has 1 aliphatic rings. The van der Waals surface area contributed by atoms with E-state index >= 15 is 0 Å². The number of nitrogens with one attached hydrogen (secondary N) is 1. The molecule has 54 valence electrons. The van der Waals surface area contributed by atoms with E-state index in [-0.39, 0.29) is 0 Å². The number of hydrogen-bond acceptors (Lipinski definition) is 2. The van der Waals surface area contributed by atoms with Gasteiger partial charge in [0.15, 0.2) is 0 Å². The minimum Gasteiger partial charge on any atom is -0.316 e. The van der Waals surface area contributed by atoms with Gasteiger partial charge in [0, 0.05) is 11.3 Å². The van der Waals surface area contributed by atoms with Crippen molar-refractivity contribution in [1.29, 1.82) is 0 Å². The Morgan fingerprint density at radius 3 is 2.56 bits per heavy atom. The minimum atomic E-state index is 0.649. The fourth-order valence-corrected chi connectivity index (χ4v) is 1.70. The normalized spacial score (nSPS) is 22.0. The van der Waals surface area contributed by atoms with Crippen LogP contribution in [0, 0.1) is 0 Å². The lowest BCUT2D eigenvalue weighted by Crippen LogP contribution is -2.25. The quantitative estimate of drug-likeness (QED) is 0.643. The van der Waals surface area contributed by atoms with Gasteiger partial charge in [-0.25, -0.2) is 0 Å². The molecule has 0 aromatic heterocycles. The predicted molar refractivity (Wildman–Crippen MR) is 44.0 cm³/mol. The van der Waals surface area contributed by atoms with E-state index < -0.39 is 0 Å². The topological polar surface area (TPSA) is 12.0 Å². The summed E-state index contributed by atoms with van der Waals surface area (Å²) in [4.78, 5) is 0. The van der Waals surface area contributed by atoms with E-state index in [2.05, 4.69) is 18.5 Å². The molecule has 0 radical (unpaired) electrons. The summed E-state index contributed by atoms with van der Waals surface area (Å²) in [5.74, 6) is 0. The van der Waals surface area contributed by atoms with Crippen molar-refractivity contribution in [3.63, 3.8) is 0 Å². The van der Waals surface area contributed by atoms with Crippen LogP contribution in [0.3, 0.4) is 0 Å². The molecular weight excluding hydrogens is 130 g/mol.